The molecule has 1 saturated heterocycles. The molecule has 1 atom stereocenters. The van der Waals surface area contributed by atoms with Gasteiger partial charge in [-0.15, -0.1) is 0 Å². The Morgan fingerprint density at radius 3 is 2.58 bits per heavy atom. The van der Waals surface area contributed by atoms with Crippen LogP contribution in [-0.4, -0.2) is 34.3 Å². The highest BCUT2D eigenvalue weighted by molar-refractivity contribution is 6.02. The van der Waals surface area contributed by atoms with Crippen molar-refractivity contribution < 1.29 is 4.79 Å². The van der Waals surface area contributed by atoms with E-state index in [9.17, 15) is 4.79 Å². The van der Waals surface area contributed by atoms with Gasteiger partial charge in [0.25, 0.3) is 0 Å². The maximum Gasteiger partial charge on any atom is 0.184 e. The zero-order valence-corrected chi connectivity index (χ0v) is 12.3. The van der Waals surface area contributed by atoms with Gasteiger partial charge < -0.3 is 0 Å². The van der Waals surface area contributed by atoms with Crippen molar-refractivity contribution in [3.05, 3.63) is 29.6 Å². The molecule has 104 valence electrons. The van der Waals surface area contributed by atoms with E-state index in [1.54, 1.807) is 12.4 Å². The Kier molecular flexibility index (Phi) is 4.35. The number of pyridine rings is 1. The van der Waals surface area contributed by atoms with Crippen LogP contribution in [0.1, 0.15) is 55.5 Å². The fourth-order valence-electron chi connectivity index (χ4n) is 2.91. The van der Waals surface area contributed by atoms with Crippen LogP contribution in [0.15, 0.2) is 18.5 Å². The SMILES string of the molecule is CCC(C)(C(=O)c1cncc(C)c1)N1CCCCC1. The van der Waals surface area contributed by atoms with Crippen molar-refractivity contribution in [1.82, 2.24) is 9.88 Å². The number of aryl methyl sites for hydroxylation is 1. The Balaban J connectivity index is 2.26. The molecule has 1 aromatic rings. The van der Waals surface area contributed by atoms with E-state index in [1.165, 1.54) is 19.3 Å². The second-order valence-electron chi connectivity index (χ2n) is 5.76. The Morgan fingerprint density at radius 1 is 1.32 bits per heavy atom. The number of Topliss-reactive ketones (excluding diaryl/α,β-unsaturated/α-hetero) is 1. The molecule has 0 N–H and O–H groups in total. The molecule has 2 rings (SSSR count). The predicted molar refractivity (Wildman–Crippen MR) is 77.4 cm³/mol. The fourth-order valence-corrected chi connectivity index (χ4v) is 2.91. The summed E-state index contributed by atoms with van der Waals surface area (Å²) in [6, 6.07) is 1.95. The lowest BCUT2D eigenvalue weighted by atomic mass is 9.85. The number of rotatable bonds is 4. The average molecular weight is 260 g/mol. The monoisotopic (exact) mass is 260 g/mol. The minimum atomic E-state index is -0.379. The molecular formula is C16H24N2O. The van der Waals surface area contributed by atoms with Gasteiger partial charge in [0.2, 0.25) is 0 Å². The standard InChI is InChI=1S/C16H24N2O/c1-4-16(3,18-8-6-5-7-9-18)15(19)14-10-13(2)11-17-12-14/h10-12H,4-9H2,1-3H3. The van der Waals surface area contributed by atoms with E-state index in [0.29, 0.717) is 0 Å². The number of carbonyl (C=O) groups excluding carboxylic acids is 1. The van der Waals surface area contributed by atoms with E-state index in [2.05, 4.69) is 23.7 Å². The summed E-state index contributed by atoms with van der Waals surface area (Å²) in [6.45, 7) is 8.25. The van der Waals surface area contributed by atoms with Crippen LogP contribution in [0, 0.1) is 6.92 Å². The first kappa shape index (κ1) is 14.2. The smallest absolute Gasteiger partial charge is 0.184 e. The van der Waals surface area contributed by atoms with Gasteiger partial charge in [0.15, 0.2) is 5.78 Å². The third-order valence-electron chi connectivity index (χ3n) is 4.37. The minimum Gasteiger partial charge on any atom is -0.292 e. The lowest BCUT2D eigenvalue weighted by Gasteiger charge is -2.41. The molecule has 1 aromatic heterocycles. The van der Waals surface area contributed by atoms with Gasteiger partial charge in [-0.1, -0.05) is 13.3 Å². The van der Waals surface area contributed by atoms with Gasteiger partial charge >= 0.3 is 0 Å². The first-order chi connectivity index (χ1) is 9.08. The lowest BCUT2D eigenvalue weighted by Crippen LogP contribution is -2.53. The molecule has 0 bridgehead atoms. The second kappa shape index (κ2) is 5.83. The number of ketones is 1. The van der Waals surface area contributed by atoms with Crippen molar-refractivity contribution in [2.45, 2.75) is 52.0 Å². The molecule has 0 saturated carbocycles. The third-order valence-corrected chi connectivity index (χ3v) is 4.37. The van der Waals surface area contributed by atoms with E-state index in [0.717, 1.165) is 30.6 Å². The molecule has 0 spiro atoms. The van der Waals surface area contributed by atoms with Crippen LogP contribution in [0.5, 0.6) is 0 Å². The predicted octanol–water partition coefficient (Wildman–Crippen LogP) is 3.23. The minimum absolute atomic E-state index is 0.216. The zero-order chi connectivity index (χ0) is 13.9. The van der Waals surface area contributed by atoms with Gasteiger partial charge in [-0.3, -0.25) is 14.7 Å². The van der Waals surface area contributed by atoms with E-state index >= 15 is 0 Å². The Bertz CT molecular complexity index is 452. The second-order valence-corrected chi connectivity index (χ2v) is 5.76. The molecule has 1 unspecified atom stereocenters. The lowest BCUT2D eigenvalue weighted by molar-refractivity contribution is 0.0505. The van der Waals surface area contributed by atoms with Gasteiger partial charge in [0.05, 0.1) is 5.54 Å². The van der Waals surface area contributed by atoms with Crippen molar-refractivity contribution in [2.24, 2.45) is 0 Å². The maximum atomic E-state index is 12.9. The molecule has 3 nitrogen and oxygen atoms in total. The number of likely N-dealkylation sites (tertiary alicyclic amines) is 1. The van der Waals surface area contributed by atoms with Crippen LogP contribution in [0.2, 0.25) is 0 Å². The quantitative estimate of drug-likeness (QED) is 0.779. The van der Waals surface area contributed by atoms with Crippen molar-refractivity contribution >= 4 is 5.78 Å². The van der Waals surface area contributed by atoms with Crippen LogP contribution in [0.25, 0.3) is 0 Å². The molecule has 0 aromatic carbocycles. The number of hydrogen-bond donors (Lipinski definition) is 0. The van der Waals surface area contributed by atoms with Crippen LogP contribution in [-0.2, 0) is 0 Å². The largest absolute Gasteiger partial charge is 0.292 e. The third kappa shape index (κ3) is 2.86. The fraction of sp³-hybridized carbons (Fsp3) is 0.625. The Hall–Kier alpha value is -1.22. The Morgan fingerprint density at radius 2 is 2.00 bits per heavy atom. The highest BCUT2D eigenvalue weighted by Crippen LogP contribution is 2.27. The molecule has 0 aliphatic carbocycles. The molecule has 3 heteroatoms. The number of piperidine rings is 1. The summed E-state index contributed by atoms with van der Waals surface area (Å²) >= 11 is 0. The first-order valence-corrected chi connectivity index (χ1v) is 7.29. The van der Waals surface area contributed by atoms with E-state index in [4.69, 9.17) is 0 Å². The molecule has 0 radical (unpaired) electrons. The number of carbonyl (C=O) groups is 1. The average Bonchev–Trinajstić information content (AvgIpc) is 2.46. The van der Waals surface area contributed by atoms with Crippen LogP contribution in [0.4, 0.5) is 0 Å². The summed E-state index contributed by atoms with van der Waals surface area (Å²) in [4.78, 5) is 19.4. The highest BCUT2D eigenvalue weighted by atomic mass is 16.1. The number of nitrogens with zero attached hydrogens (tertiary/aromatic N) is 2. The van der Waals surface area contributed by atoms with Gasteiger partial charge in [-0.2, -0.15) is 0 Å². The van der Waals surface area contributed by atoms with Crippen molar-refractivity contribution in [2.75, 3.05) is 13.1 Å². The maximum absolute atomic E-state index is 12.9. The van der Waals surface area contributed by atoms with Crippen LogP contribution >= 0.6 is 0 Å². The highest BCUT2D eigenvalue weighted by Gasteiger charge is 2.38. The van der Waals surface area contributed by atoms with E-state index < -0.39 is 0 Å². The Labute approximate surface area is 116 Å². The van der Waals surface area contributed by atoms with Crippen molar-refractivity contribution in [3.8, 4) is 0 Å². The van der Waals surface area contributed by atoms with Gasteiger partial charge in [-0.25, -0.2) is 0 Å². The molecule has 1 fully saturated rings. The summed E-state index contributed by atoms with van der Waals surface area (Å²) < 4.78 is 0. The van der Waals surface area contributed by atoms with Gasteiger partial charge in [-0.05, 0) is 57.8 Å². The molecular weight excluding hydrogens is 236 g/mol. The van der Waals surface area contributed by atoms with Gasteiger partial charge in [0, 0.05) is 18.0 Å². The van der Waals surface area contributed by atoms with E-state index in [1.807, 2.05) is 13.0 Å². The molecule has 1 aliphatic rings. The number of aromatic nitrogens is 1. The summed E-state index contributed by atoms with van der Waals surface area (Å²) in [5, 5.41) is 0. The van der Waals surface area contributed by atoms with Gasteiger partial charge in [0.1, 0.15) is 0 Å². The number of hydrogen-bond acceptors (Lipinski definition) is 3. The molecule has 0 amide bonds. The summed E-state index contributed by atoms with van der Waals surface area (Å²) in [7, 11) is 0. The normalized spacial score (nSPS) is 19.9. The first-order valence-electron chi connectivity index (χ1n) is 7.29. The topological polar surface area (TPSA) is 33.2 Å². The zero-order valence-electron chi connectivity index (χ0n) is 12.3. The summed E-state index contributed by atoms with van der Waals surface area (Å²) in [5.74, 6) is 0.216. The van der Waals surface area contributed by atoms with Crippen LogP contribution < -0.4 is 0 Å². The molecule has 19 heavy (non-hydrogen) atoms. The van der Waals surface area contributed by atoms with E-state index in [-0.39, 0.29) is 11.3 Å². The van der Waals surface area contributed by atoms with Crippen molar-refractivity contribution in [1.29, 1.82) is 0 Å². The summed E-state index contributed by atoms with van der Waals surface area (Å²) in [5.41, 5.74) is 1.41. The van der Waals surface area contributed by atoms with Crippen LogP contribution in [0.3, 0.4) is 0 Å². The molecule has 2 heterocycles. The summed E-state index contributed by atoms with van der Waals surface area (Å²) in [6.07, 6.45) is 8.04. The molecule has 1 aliphatic heterocycles. The van der Waals surface area contributed by atoms with Crippen molar-refractivity contribution in [3.63, 3.8) is 0 Å².